The molecule has 1 saturated heterocycles. The summed E-state index contributed by atoms with van der Waals surface area (Å²) in [6.45, 7) is 3.98. The molecule has 9 nitrogen and oxygen atoms in total. The lowest BCUT2D eigenvalue weighted by Crippen LogP contribution is -2.26. The van der Waals surface area contributed by atoms with Crippen LogP contribution in [-0.4, -0.2) is 39.8 Å². The molecule has 1 fully saturated rings. The summed E-state index contributed by atoms with van der Waals surface area (Å²) >= 11 is 0. The fraction of sp³-hybridized carbons (Fsp3) is 0.500. The number of rotatable bonds is 4. The molecule has 23 heavy (non-hydrogen) atoms. The molecule has 0 aromatic carbocycles. The Morgan fingerprint density at radius 1 is 1.39 bits per heavy atom. The Morgan fingerprint density at radius 2 is 2.17 bits per heavy atom. The molecule has 0 saturated carbocycles. The van der Waals surface area contributed by atoms with Gasteiger partial charge >= 0.3 is 0 Å². The second kappa shape index (κ2) is 5.92. The average Bonchev–Trinajstić information content (AvgIpc) is 3.12. The number of hydrogen-bond donors (Lipinski definition) is 0. The van der Waals surface area contributed by atoms with Gasteiger partial charge in [0.1, 0.15) is 17.6 Å². The van der Waals surface area contributed by atoms with Crippen LogP contribution in [0.25, 0.3) is 0 Å². The molecule has 9 heteroatoms. The van der Waals surface area contributed by atoms with Gasteiger partial charge in [-0.3, -0.25) is 10.1 Å². The summed E-state index contributed by atoms with van der Waals surface area (Å²) in [5.41, 5.74) is 0.371. The van der Waals surface area contributed by atoms with Crippen molar-refractivity contribution in [2.45, 2.75) is 32.4 Å². The predicted octanol–water partition coefficient (Wildman–Crippen LogP) is 1.96. The number of aromatic nitrogens is 3. The summed E-state index contributed by atoms with van der Waals surface area (Å²) in [5.74, 6) is 1.70. The molecule has 0 N–H and O–H groups in total. The van der Waals surface area contributed by atoms with Gasteiger partial charge in [-0.1, -0.05) is 5.16 Å². The Kier molecular flexibility index (Phi) is 3.95. The molecule has 0 amide bonds. The summed E-state index contributed by atoms with van der Waals surface area (Å²) in [7, 11) is 1.65. The van der Waals surface area contributed by atoms with Crippen molar-refractivity contribution >= 4 is 11.5 Å². The highest BCUT2D eigenvalue weighted by atomic mass is 16.6. The summed E-state index contributed by atoms with van der Waals surface area (Å²) < 4.78 is 10.7. The van der Waals surface area contributed by atoms with Crippen molar-refractivity contribution in [2.75, 3.05) is 18.6 Å². The third kappa shape index (κ3) is 2.87. The smallest absolute Gasteiger partial charge is 0.290 e. The van der Waals surface area contributed by atoms with Crippen LogP contribution in [0.4, 0.5) is 11.5 Å². The minimum Gasteiger partial charge on any atom is -0.380 e. The number of ether oxygens (including phenoxy) is 1. The summed E-state index contributed by atoms with van der Waals surface area (Å²) in [5, 5.41) is 14.8. The van der Waals surface area contributed by atoms with Crippen LogP contribution in [0.15, 0.2) is 16.7 Å². The maximum atomic E-state index is 10.9. The topological polar surface area (TPSA) is 107 Å². The standard InChI is InChI=1S/C14H17N5O4/c1-8-11(19(20)21)4-5-13(15-8)18-7-10(22-3)6-12(18)14-16-9(2)17-23-14/h4-5,10,12H,6-7H2,1-3H3. The van der Waals surface area contributed by atoms with Gasteiger partial charge in [0.05, 0.1) is 11.0 Å². The molecule has 2 aromatic heterocycles. The van der Waals surface area contributed by atoms with E-state index in [1.807, 2.05) is 4.90 Å². The number of methoxy groups -OCH3 is 1. The number of pyridine rings is 1. The van der Waals surface area contributed by atoms with Crippen molar-refractivity contribution in [3.05, 3.63) is 39.7 Å². The second-order valence-electron chi connectivity index (χ2n) is 5.47. The summed E-state index contributed by atoms with van der Waals surface area (Å²) in [6, 6.07) is 2.95. The molecule has 1 aliphatic heterocycles. The van der Waals surface area contributed by atoms with E-state index in [2.05, 4.69) is 15.1 Å². The van der Waals surface area contributed by atoms with Crippen LogP contribution in [0.1, 0.15) is 29.9 Å². The summed E-state index contributed by atoms with van der Waals surface area (Å²) in [6.07, 6.45) is 0.694. The van der Waals surface area contributed by atoms with E-state index < -0.39 is 4.92 Å². The highest BCUT2D eigenvalue weighted by Gasteiger charge is 2.37. The van der Waals surface area contributed by atoms with E-state index in [1.165, 1.54) is 6.07 Å². The lowest BCUT2D eigenvalue weighted by molar-refractivity contribution is -0.385. The zero-order valence-corrected chi connectivity index (χ0v) is 13.1. The van der Waals surface area contributed by atoms with Crippen LogP contribution in [0, 0.1) is 24.0 Å². The fourth-order valence-electron chi connectivity index (χ4n) is 2.80. The van der Waals surface area contributed by atoms with E-state index >= 15 is 0 Å². The van der Waals surface area contributed by atoms with Crippen molar-refractivity contribution in [1.29, 1.82) is 0 Å². The molecule has 2 atom stereocenters. The minimum absolute atomic E-state index is 0.00132. The molecule has 2 aromatic rings. The fourth-order valence-corrected chi connectivity index (χ4v) is 2.80. The quantitative estimate of drug-likeness (QED) is 0.621. The molecule has 2 unspecified atom stereocenters. The monoisotopic (exact) mass is 319 g/mol. The molecule has 3 rings (SSSR count). The number of nitrogens with zero attached hydrogens (tertiary/aromatic N) is 5. The molecule has 0 bridgehead atoms. The highest BCUT2D eigenvalue weighted by Crippen LogP contribution is 2.36. The first-order valence-corrected chi connectivity index (χ1v) is 7.21. The van der Waals surface area contributed by atoms with Crippen LogP contribution in [0.2, 0.25) is 0 Å². The molecular formula is C14H17N5O4. The van der Waals surface area contributed by atoms with Crippen molar-refractivity contribution in [3.8, 4) is 0 Å². The molecule has 0 aliphatic carbocycles. The van der Waals surface area contributed by atoms with Crippen molar-refractivity contribution in [1.82, 2.24) is 15.1 Å². The Hall–Kier alpha value is -2.55. The normalized spacial score (nSPS) is 20.9. The number of hydrogen-bond acceptors (Lipinski definition) is 8. The van der Waals surface area contributed by atoms with E-state index in [9.17, 15) is 10.1 Å². The molecule has 3 heterocycles. The van der Waals surface area contributed by atoms with Gasteiger partial charge in [0, 0.05) is 26.1 Å². The van der Waals surface area contributed by atoms with Gasteiger partial charge in [-0.15, -0.1) is 0 Å². The van der Waals surface area contributed by atoms with Gasteiger partial charge < -0.3 is 14.2 Å². The maximum absolute atomic E-state index is 10.9. The van der Waals surface area contributed by atoms with E-state index in [4.69, 9.17) is 9.26 Å². The van der Waals surface area contributed by atoms with E-state index in [0.29, 0.717) is 36.2 Å². The van der Waals surface area contributed by atoms with Gasteiger partial charge in [-0.2, -0.15) is 4.98 Å². The molecule has 0 spiro atoms. The Bertz CT molecular complexity index is 732. The zero-order valence-electron chi connectivity index (χ0n) is 13.1. The second-order valence-corrected chi connectivity index (χ2v) is 5.47. The first-order chi connectivity index (χ1) is 11.0. The molecule has 122 valence electrons. The Labute approximate surface area is 132 Å². The van der Waals surface area contributed by atoms with Crippen LogP contribution in [0.5, 0.6) is 0 Å². The first-order valence-electron chi connectivity index (χ1n) is 7.21. The Balaban J connectivity index is 1.95. The van der Waals surface area contributed by atoms with Crippen LogP contribution < -0.4 is 4.90 Å². The largest absolute Gasteiger partial charge is 0.380 e. The first kappa shape index (κ1) is 15.3. The SMILES string of the molecule is COC1CC(c2nc(C)no2)N(c2ccc([N+](=O)[O-])c(C)n2)C1. The lowest BCUT2D eigenvalue weighted by atomic mass is 10.2. The van der Waals surface area contributed by atoms with Gasteiger partial charge in [-0.25, -0.2) is 4.98 Å². The van der Waals surface area contributed by atoms with E-state index in [1.54, 1.807) is 27.0 Å². The van der Waals surface area contributed by atoms with Gasteiger partial charge in [0.2, 0.25) is 5.89 Å². The zero-order chi connectivity index (χ0) is 16.6. The van der Waals surface area contributed by atoms with Crippen molar-refractivity contribution < 1.29 is 14.2 Å². The van der Waals surface area contributed by atoms with E-state index in [0.717, 1.165) is 0 Å². The molecule has 1 aliphatic rings. The number of anilines is 1. The average molecular weight is 319 g/mol. The highest BCUT2D eigenvalue weighted by molar-refractivity contribution is 5.49. The number of aryl methyl sites for hydroxylation is 2. The molecular weight excluding hydrogens is 302 g/mol. The van der Waals surface area contributed by atoms with Crippen molar-refractivity contribution in [3.63, 3.8) is 0 Å². The van der Waals surface area contributed by atoms with Gasteiger partial charge in [0.25, 0.3) is 5.69 Å². The lowest BCUT2D eigenvalue weighted by Gasteiger charge is -2.22. The number of nitro groups is 1. The molecule has 0 radical (unpaired) electrons. The van der Waals surface area contributed by atoms with E-state index in [-0.39, 0.29) is 17.8 Å². The van der Waals surface area contributed by atoms with Gasteiger partial charge in [-0.05, 0) is 19.9 Å². The van der Waals surface area contributed by atoms with Crippen LogP contribution in [0.3, 0.4) is 0 Å². The van der Waals surface area contributed by atoms with Crippen LogP contribution >= 0.6 is 0 Å². The predicted molar refractivity (Wildman–Crippen MR) is 80.2 cm³/mol. The Morgan fingerprint density at radius 3 is 2.74 bits per heavy atom. The minimum atomic E-state index is -0.438. The van der Waals surface area contributed by atoms with Gasteiger partial charge in [0.15, 0.2) is 5.82 Å². The third-order valence-electron chi connectivity index (χ3n) is 3.96. The summed E-state index contributed by atoms with van der Waals surface area (Å²) in [4.78, 5) is 21.1. The van der Waals surface area contributed by atoms with Crippen molar-refractivity contribution in [2.24, 2.45) is 0 Å². The maximum Gasteiger partial charge on any atom is 0.290 e. The van der Waals surface area contributed by atoms with Crippen LogP contribution in [-0.2, 0) is 4.74 Å². The third-order valence-corrected chi connectivity index (χ3v) is 3.96.